The summed E-state index contributed by atoms with van der Waals surface area (Å²) in [5.41, 5.74) is 6.56. The molecule has 3 nitrogen and oxygen atoms in total. The lowest BCUT2D eigenvalue weighted by atomic mass is 10.1. The van der Waals surface area contributed by atoms with Crippen LogP contribution >= 0.6 is 24.0 Å². The van der Waals surface area contributed by atoms with E-state index in [2.05, 4.69) is 4.74 Å². The molecule has 84 valence electrons. The number of methoxy groups -OCH3 is 1. The standard InChI is InChI=1S/C10H12ClNO2.ClH/c1-14-10(13)9(12)6-7-2-4-8(11)5-3-7;/h2-5,9H,6,12H2,1H3;1H/t9-;/m1./s1. The highest BCUT2D eigenvalue weighted by Crippen LogP contribution is 2.10. The maximum Gasteiger partial charge on any atom is 0.322 e. The first-order chi connectivity index (χ1) is 6.63. The molecule has 0 saturated carbocycles. The van der Waals surface area contributed by atoms with Gasteiger partial charge in [0.1, 0.15) is 6.04 Å². The molecule has 0 saturated heterocycles. The maximum absolute atomic E-state index is 11.0. The lowest BCUT2D eigenvalue weighted by molar-refractivity contribution is -0.142. The van der Waals surface area contributed by atoms with Gasteiger partial charge in [-0.05, 0) is 24.1 Å². The van der Waals surface area contributed by atoms with Crippen LogP contribution in [0.1, 0.15) is 5.56 Å². The third kappa shape index (κ3) is 4.51. The molecule has 5 heteroatoms. The summed E-state index contributed by atoms with van der Waals surface area (Å²) in [6.07, 6.45) is 0.462. The number of benzene rings is 1. The van der Waals surface area contributed by atoms with E-state index in [1.807, 2.05) is 12.1 Å². The number of hydrogen-bond acceptors (Lipinski definition) is 3. The summed E-state index contributed by atoms with van der Waals surface area (Å²) in [4.78, 5) is 11.0. The second-order valence-corrected chi connectivity index (χ2v) is 3.40. The van der Waals surface area contributed by atoms with Crippen molar-refractivity contribution in [3.05, 3.63) is 34.9 Å². The Morgan fingerprint density at radius 1 is 1.47 bits per heavy atom. The van der Waals surface area contributed by atoms with Gasteiger partial charge in [0.25, 0.3) is 0 Å². The van der Waals surface area contributed by atoms with Crippen LogP contribution in [0.25, 0.3) is 0 Å². The van der Waals surface area contributed by atoms with Crippen LogP contribution < -0.4 is 5.73 Å². The average Bonchev–Trinajstić information content (AvgIpc) is 2.20. The minimum atomic E-state index is -0.610. The summed E-state index contributed by atoms with van der Waals surface area (Å²) >= 11 is 5.72. The van der Waals surface area contributed by atoms with Gasteiger partial charge in [-0.25, -0.2) is 0 Å². The van der Waals surface area contributed by atoms with Gasteiger partial charge in [-0.3, -0.25) is 4.79 Å². The summed E-state index contributed by atoms with van der Waals surface area (Å²) in [6.45, 7) is 0. The summed E-state index contributed by atoms with van der Waals surface area (Å²) in [5, 5.41) is 0.667. The van der Waals surface area contributed by atoms with Gasteiger partial charge in [-0.15, -0.1) is 12.4 Å². The monoisotopic (exact) mass is 249 g/mol. The highest BCUT2D eigenvalue weighted by molar-refractivity contribution is 6.30. The van der Waals surface area contributed by atoms with Crippen molar-refractivity contribution in [2.75, 3.05) is 7.11 Å². The Morgan fingerprint density at radius 3 is 2.47 bits per heavy atom. The second-order valence-electron chi connectivity index (χ2n) is 2.96. The normalized spacial score (nSPS) is 11.4. The number of rotatable bonds is 3. The predicted octanol–water partition coefficient (Wildman–Crippen LogP) is 1.80. The smallest absolute Gasteiger partial charge is 0.322 e. The minimum absolute atomic E-state index is 0. The Kier molecular flexibility index (Phi) is 6.32. The zero-order valence-electron chi connectivity index (χ0n) is 8.27. The maximum atomic E-state index is 11.0. The molecular formula is C10H13Cl2NO2. The number of carbonyl (C=O) groups is 1. The van der Waals surface area contributed by atoms with Gasteiger partial charge >= 0.3 is 5.97 Å². The Bertz CT molecular complexity index is 314. The predicted molar refractivity (Wildman–Crippen MR) is 62.4 cm³/mol. The van der Waals surface area contributed by atoms with E-state index in [9.17, 15) is 4.79 Å². The lowest BCUT2D eigenvalue weighted by Crippen LogP contribution is -2.33. The molecule has 0 aliphatic heterocycles. The molecule has 0 bridgehead atoms. The van der Waals surface area contributed by atoms with Gasteiger partial charge in [0.05, 0.1) is 7.11 Å². The molecule has 0 fully saturated rings. The van der Waals surface area contributed by atoms with Crippen LogP contribution in [0.5, 0.6) is 0 Å². The Hall–Kier alpha value is -0.770. The number of esters is 1. The fourth-order valence-corrected chi connectivity index (χ4v) is 1.24. The van der Waals surface area contributed by atoms with Crippen LogP contribution in [0, 0.1) is 0 Å². The Morgan fingerprint density at radius 2 is 2.00 bits per heavy atom. The molecule has 2 N–H and O–H groups in total. The number of halogens is 2. The van der Waals surface area contributed by atoms with Gasteiger partial charge in [-0.2, -0.15) is 0 Å². The molecule has 0 spiro atoms. The molecule has 15 heavy (non-hydrogen) atoms. The first kappa shape index (κ1) is 14.2. The van der Waals surface area contributed by atoms with Crippen molar-refractivity contribution in [2.24, 2.45) is 5.73 Å². The van der Waals surface area contributed by atoms with Crippen LogP contribution in [0.4, 0.5) is 0 Å². The fraction of sp³-hybridized carbons (Fsp3) is 0.300. The quantitative estimate of drug-likeness (QED) is 0.832. The zero-order valence-corrected chi connectivity index (χ0v) is 9.85. The molecule has 0 aliphatic rings. The Labute approximate surface area is 100.0 Å². The van der Waals surface area contributed by atoms with E-state index in [0.717, 1.165) is 5.56 Å². The van der Waals surface area contributed by atoms with E-state index in [0.29, 0.717) is 11.4 Å². The lowest BCUT2D eigenvalue weighted by Gasteiger charge is -2.08. The van der Waals surface area contributed by atoms with Crippen molar-refractivity contribution in [2.45, 2.75) is 12.5 Å². The molecular weight excluding hydrogens is 237 g/mol. The Balaban J connectivity index is 0.00000196. The third-order valence-electron chi connectivity index (χ3n) is 1.87. The van der Waals surface area contributed by atoms with Crippen molar-refractivity contribution in [3.63, 3.8) is 0 Å². The van der Waals surface area contributed by atoms with E-state index in [-0.39, 0.29) is 12.4 Å². The molecule has 0 radical (unpaired) electrons. The van der Waals surface area contributed by atoms with Crippen molar-refractivity contribution < 1.29 is 9.53 Å². The van der Waals surface area contributed by atoms with Crippen molar-refractivity contribution in [3.8, 4) is 0 Å². The highest BCUT2D eigenvalue weighted by Gasteiger charge is 2.13. The molecule has 0 heterocycles. The molecule has 1 aromatic carbocycles. The number of ether oxygens (including phenoxy) is 1. The van der Waals surface area contributed by atoms with Crippen molar-refractivity contribution in [1.82, 2.24) is 0 Å². The molecule has 0 aromatic heterocycles. The van der Waals surface area contributed by atoms with Gasteiger partial charge < -0.3 is 10.5 Å². The van der Waals surface area contributed by atoms with Crippen LogP contribution in [0.2, 0.25) is 5.02 Å². The first-order valence-corrected chi connectivity index (χ1v) is 4.59. The molecule has 0 amide bonds. The number of nitrogens with two attached hydrogens (primary N) is 1. The summed E-state index contributed by atoms with van der Waals surface area (Å²) in [5.74, 6) is -0.403. The first-order valence-electron chi connectivity index (χ1n) is 4.21. The van der Waals surface area contributed by atoms with Crippen LogP contribution in [0.15, 0.2) is 24.3 Å². The van der Waals surface area contributed by atoms with E-state index in [1.165, 1.54) is 7.11 Å². The minimum Gasteiger partial charge on any atom is -0.468 e. The SMILES string of the molecule is COC(=O)[C@H](N)Cc1ccc(Cl)cc1.Cl. The number of hydrogen-bond donors (Lipinski definition) is 1. The largest absolute Gasteiger partial charge is 0.468 e. The van der Waals surface area contributed by atoms with Crippen molar-refractivity contribution >= 4 is 30.0 Å². The summed E-state index contributed by atoms with van der Waals surface area (Å²) < 4.78 is 4.52. The molecule has 1 rings (SSSR count). The zero-order chi connectivity index (χ0) is 10.6. The molecule has 0 unspecified atom stereocenters. The summed E-state index contributed by atoms with van der Waals surface area (Å²) in [7, 11) is 1.32. The second kappa shape index (κ2) is 6.67. The van der Waals surface area contributed by atoms with Crippen LogP contribution in [-0.4, -0.2) is 19.1 Å². The van der Waals surface area contributed by atoms with E-state index in [4.69, 9.17) is 17.3 Å². The van der Waals surface area contributed by atoms with Gasteiger partial charge in [0, 0.05) is 5.02 Å². The van der Waals surface area contributed by atoms with E-state index in [1.54, 1.807) is 12.1 Å². The van der Waals surface area contributed by atoms with Crippen LogP contribution in [-0.2, 0) is 16.0 Å². The molecule has 1 atom stereocenters. The highest BCUT2D eigenvalue weighted by atomic mass is 35.5. The molecule has 0 aliphatic carbocycles. The van der Waals surface area contributed by atoms with Gasteiger partial charge in [0.15, 0.2) is 0 Å². The average molecular weight is 250 g/mol. The van der Waals surface area contributed by atoms with E-state index < -0.39 is 12.0 Å². The number of carbonyl (C=O) groups excluding carboxylic acids is 1. The van der Waals surface area contributed by atoms with Crippen molar-refractivity contribution in [1.29, 1.82) is 0 Å². The van der Waals surface area contributed by atoms with E-state index >= 15 is 0 Å². The van der Waals surface area contributed by atoms with Gasteiger partial charge in [-0.1, -0.05) is 23.7 Å². The fourth-order valence-electron chi connectivity index (χ4n) is 1.11. The van der Waals surface area contributed by atoms with Gasteiger partial charge in [0.2, 0.25) is 0 Å². The third-order valence-corrected chi connectivity index (χ3v) is 2.12. The molecule has 1 aromatic rings. The summed E-state index contributed by atoms with van der Waals surface area (Å²) in [6, 6.07) is 6.60. The van der Waals surface area contributed by atoms with Crippen LogP contribution in [0.3, 0.4) is 0 Å². The topological polar surface area (TPSA) is 52.3 Å².